The summed E-state index contributed by atoms with van der Waals surface area (Å²) in [5.74, 6) is 0.478. The molecule has 0 saturated carbocycles. The Balaban J connectivity index is 1.85. The Labute approximate surface area is 129 Å². The molecule has 2 heteroatoms. The second-order valence-corrected chi connectivity index (χ2v) is 6.96. The van der Waals surface area contributed by atoms with Crippen LogP contribution in [0.2, 0.25) is 0 Å². The van der Waals surface area contributed by atoms with Crippen LogP contribution in [0.4, 0.5) is 0 Å². The normalized spacial score (nSPS) is 22.4. The minimum Gasteiger partial charge on any atom is -0.299 e. The molecule has 2 heterocycles. The van der Waals surface area contributed by atoms with Crippen LogP contribution < -0.4 is 0 Å². The Morgan fingerprint density at radius 1 is 1.05 bits per heavy atom. The van der Waals surface area contributed by atoms with E-state index in [0.29, 0.717) is 12.0 Å². The summed E-state index contributed by atoms with van der Waals surface area (Å²) in [6, 6.07) is 18.6. The minimum absolute atomic E-state index is 0.478. The van der Waals surface area contributed by atoms with Gasteiger partial charge in [0.25, 0.3) is 0 Å². The van der Waals surface area contributed by atoms with Crippen LogP contribution in [-0.4, -0.2) is 18.5 Å². The first-order valence-electron chi connectivity index (χ1n) is 7.50. The van der Waals surface area contributed by atoms with E-state index >= 15 is 0 Å². The second kappa shape index (κ2) is 4.97. The van der Waals surface area contributed by atoms with Crippen LogP contribution in [0.25, 0.3) is 10.1 Å². The van der Waals surface area contributed by atoms with Crippen LogP contribution in [0.3, 0.4) is 0 Å². The maximum Gasteiger partial charge on any atom is 0.0342 e. The Bertz CT molecular complexity index is 789. The summed E-state index contributed by atoms with van der Waals surface area (Å²) in [5.41, 5.74) is 4.41. The maximum absolute atomic E-state index is 2.46. The van der Waals surface area contributed by atoms with Crippen LogP contribution in [0.1, 0.15) is 35.6 Å². The summed E-state index contributed by atoms with van der Waals surface area (Å²) in [4.78, 5) is 2.46. The standard InChI is InChI=1S/C19H19NS/c1-13-16-5-3-4-6-17(16)18(12-20(13)2)14-7-8-19-15(11-14)9-10-21-19/h3-11,13,18H,12H2,1-2H3. The molecule has 1 aromatic heterocycles. The van der Waals surface area contributed by atoms with Gasteiger partial charge < -0.3 is 0 Å². The molecule has 0 amide bonds. The van der Waals surface area contributed by atoms with Crippen molar-refractivity contribution < 1.29 is 0 Å². The first kappa shape index (κ1) is 13.1. The number of fused-ring (bicyclic) bond motifs is 2. The monoisotopic (exact) mass is 293 g/mol. The average Bonchev–Trinajstić information content (AvgIpc) is 2.98. The van der Waals surface area contributed by atoms with Gasteiger partial charge in [0, 0.05) is 23.2 Å². The zero-order valence-corrected chi connectivity index (χ0v) is 13.2. The van der Waals surface area contributed by atoms with E-state index < -0.39 is 0 Å². The van der Waals surface area contributed by atoms with Crippen LogP contribution in [-0.2, 0) is 0 Å². The summed E-state index contributed by atoms with van der Waals surface area (Å²) < 4.78 is 1.38. The lowest BCUT2D eigenvalue weighted by atomic mass is 9.82. The van der Waals surface area contributed by atoms with Crippen molar-refractivity contribution in [2.45, 2.75) is 18.9 Å². The smallest absolute Gasteiger partial charge is 0.0342 e. The molecule has 2 atom stereocenters. The van der Waals surface area contributed by atoms with Crippen LogP contribution in [0.5, 0.6) is 0 Å². The third-order valence-electron chi connectivity index (χ3n) is 4.83. The molecular formula is C19H19NS. The van der Waals surface area contributed by atoms with E-state index in [-0.39, 0.29) is 0 Å². The molecule has 0 fully saturated rings. The Morgan fingerprint density at radius 3 is 2.71 bits per heavy atom. The molecule has 1 aliphatic heterocycles. The van der Waals surface area contributed by atoms with E-state index in [2.05, 4.69) is 72.8 Å². The van der Waals surface area contributed by atoms with Crippen LogP contribution in [0.15, 0.2) is 53.9 Å². The molecule has 3 aromatic rings. The molecule has 0 spiro atoms. The van der Waals surface area contributed by atoms with Crippen molar-refractivity contribution in [1.29, 1.82) is 0 Å². The molecule has 0 radical (unpaired) electrons. The van der Waals surface area contributed by atoms with E-state index in [1.165, 1.54) is 26.8 Å². The number of likely N-dealkylation sites (N-methyl/N-ethyl adjacent to an activating group) is 1. The molecule has 2 aromatic carbocycles. The molecule has 4 rings (SSSR count). The van der Waals surface area contributed by atoms with E-state index in [4.69, 9.17) is 0 Å². The van der Waals surface area contributed by atoms with E-state index in [9.17, 15) is 0 Å². The third kappa shape index (κ3) is 2.10. The zero-order valence-electron chi connectivity index (χ0n) is 12.4. The largest absolute Gasteiger partial charge is 0.299 e. The highest BCUT2D eigenvalue weighted by Crippen LogP contribution is 2.39. The van der Waals surface area contributed by atoms with Gasteiger partial charge in [-0.05, 0) is 59.6 Å². The first-order chi connectivity index (χ1) is 10.2. The lowest BCUT2D eigenvalue weighted by molar-refractivity contribution is 0.234. The molecule has 21 heavy (non-hydrogen) atoms. The molecule has 106 valence electrons. The fraction of sp³-hybridized carbons (Fsp3) is 0.263. The highest BCUT2D eigenvalue weighted by molar-refractivity contribution is 7.17. The van der Waals surface area contributed by atoms with Crippen molar-refractivity contribution in [3.63, 3.8) is 0 Å². The molecular weight excluding hydrogens is 274 g/mol. The summed E-state index contributed by atoms with van der Waals surface area (Å²) in [6.07, 6.45) is 0. The van der Waals surface area contributed by atoms with Gasteiger partial charge in [-0.25, -0.2) is 0 Å². The quantitative estimate of drug-likeness (QED) is 0.607. The van der Waals surface area contributed by atoms with Gasteiger partial charge in [-0.15, -0.1) is 11.3 Å². The Hall–Kier alpha value is -1.64. The van der Waals surface area contributed by atoms with Crippen molar-refractivity contribution in [2.75, 3.05) is 13.6 Å². The number of hydrogen-bond donors (Lipinski definition) is 0. The molecule has 1 aliphatic rings. The van der Waals surface area contributed by atoms with Gasteiger partial charge in [0.05, 0.1) is 0 Å². The average molecular weight is 293 g/mol. The molecule has 0 saturated heterocycles. The van der Waals surface area contributed by atoms with Crippen LogP contribution in [0, 0.1) is 0 Å². The van der Waals surface area contributed by atoms with Gasteiger partial charge in [0.2, 0.25) is 0 Å². The van der Waals surface area contributed by atoms with E-state index in [0.717, 1.165) is 6.54 Å². The predicted octanol–water partition coefficient (Wildman–Crippen LogP) is 5.04. The molecule has 0 aliphatic carbocycles. The first-order valence-corrected chi connectivity index (χ1v) is 8.38. The van der Waals surface area contributed by atoms with Gasteiger partial charge in [0.15, 0.2) is 0 Å². The fourth-order valence-electron chi connectivity index (χ4n) is 3.48. The predicted molar refractivity (Wildman–Crippen MR) is 91.2 cm³/mol. The number of hydrogen-bond acceptors (Lipinski definition) is 2. The maximum atomic E-state index is 2.46. The molecule has 2 unspecified atom stereocenters. The fourth-order valence-corrected chi connectivity index (χ4v) is 4.25. The third-order valence-corrected chi connectivity index (χ3v) is 5.73. The Morgan fingerprint density at radius 2 is 1.86 bits per heavy atom. The SMILES string of the molecule is CC1c2ccccc2C(c2ccc3sccc3c2)CN1C. The highest BCUT2D eigenvalue weighted by Gasteiger charge is 2.29. The second-order valence-electron chi connectivity index (χ2n) is 6.01. The summed E-state index contributed by atoms with van der Waals surface area (Å²) in [5, 5.41) is 3.55. The van der Waals surface area contributed by atoms with E-state index in [1.807, 2.05) is 11.3 Å². The van der Waals surface area contributed by atoms with Crippen LogP contribution >= 0.6 is 11.3 Å². The Kier molecular flexibility index (Phi) is 3.09. The van der Waals surface area contributed by atoms with Gasteiger partial charge in [0.1, 0.15) is 0 Å². The molecule has 0 N–H and O–H groups in total. The minimum atomic E-state index is 0.478. The van der Waals surface area contributed by atoms with E-state index in [1.54, 1.807) is 0 Å². The van der Waals surface area contributed by atoms with Crippen molar-refractivity contribution in [3.8, 4) is 0 Å². The van der Waals surface area contributed by atoms with Crippen molar-refractivity contribution >= 4 is 21.4 Å². The van der Waals surface area contributed by atoms with Crippen molar-refractivity contribution in [3.05, 3.63) is 70.6 Å². The van der Waals surface area contributed by atoms with Crippen molar-refractivity contribution in [2.24, 2.45) is 0 Å². The number of rotatable bonds is 1. The number of benzene rings is 2. The summed E-state index contributed by atoms with van der Waals surface area (Å²) >= 11 is 1.82. The summed E-state index contributed by atoms with van der Waals surface area (Å²) in [6.45, 7) is 3.39. The van der Waals surface area contributed by atoms with Gasteiger partial charge >= 0.3 is 0 Å². The van der Waals surface area contributed by atoms with Crippen molar-refractivity contribution in [1.82, 2.24) is 4.90 Å². The lowest BCUT2D eigenvalue weighted by Gasteiger charge is -2.37. The molecule has 0 bridgehead atoms. The lowest BCUT2D eigenvalue weighted by Crippen LogP contribution is -2.33. The molecule has 1 nitrogen and oxygen atoms in total. The van der Waals surface area contributed by atoms with Gasteiger partial charge in [-0.2, -0.15) is 0 Å². The zero-order chi connectivity index (χ0) is 14.4. The highest BCUT2D eigenvalue weighted by atomic mass is 32.1. The topological polar surface area (TPSA) is 3.24 Å². The number of nitrogens with zero attached hydrogens (tertiary/aromatic N) is 1. The number of thiophene rings is 1. The summed E-state index contributed by atoms with van der Waals surface area (Å²) in [7, 11) is 2.23. The van der Waals surface area contributed by atoms with Gasteiger partial charge in [-0.3, -0.25) is 4.90 Å². The van der Waals surface area contributed by atoms with Gasteiger partial charge in [-0.1, -0.05) is 30.3 Å².